The Bertz CT molecular complexity index is 686. The number of aryl methyl sites for hydroxylation is 1. The summed E-state index contributed by atoms with van der Waals surface area (Å²) in [5.41, 5.74) is 8.60. The van der Waals surface area contributed by atoms with Crippen LogP contribution in [0.4, 0.5) is 0 Å². The van der Waals surface area contributed by atoms with E-state index in [1.54, 1.807) is 0 Å². The molecule has 1 fully saturated rings. The number of piperidine rings is 1. The first-order valence-corrected chi connectivity index (χ1v) is 9.00. The fraction of sp³-hybridized carbons (Fsp3) is 0.444. The lowest BCUT2D eigenvalue weighted by molar-refractivity contribution is 0.0508. The minimum Gasteiger partial charge on any atom is -0.330 e. The van der Waals surface area contributed by atoms with Crippen LogP contribution < -0.4 is 5.73 Å². The molecule has 0 spiro atoms. The number of hydrogen-bond acceptors (Lipinski definition) is 4. The maximum atomic E-state index is 13.0. The predicted molar refractivity (Wildman–Crippen MR) is 101 cm³/mol. The second kappa shape index (κ2) is 8.10. The Morgan fingerprint density at radius 2 is 2.08 bits per heavy atom. The van der Waals surface area contributed by atoms with E-state index >= 15 is 0 Å². The SMILES string of the molecule is Cc1ccc(C2C(C)CCCN2C(=O)c2csc(CN)n2)cc1.Cl. The Labute approximate surface area is 153 Å². The monoisotopic (exact) mass is 365 g/mol. The minimum atomic E-state index is 0. The number of nitrogens with zero attached hydrogens (tertiary/aromatic N) is 2. The van der Waals surface area contributed by atoms with E-state index in [1.807, 2.05) is 10.3 Å². The van der Waals surface area contributed by atoms with Crippen LogP contribution in [0.25, 0.3) is 0 Å². The van der Waals surface area contributed by atoms with Crippen molar-refractivity contribution in [1.29, 1.82) is 0 Å². The maximum absolute atomic E-state index is 13.0. The Balaban J connectivity index is 0.00000208. The van der Waals surface area contributed by atoms with Gasteiger partial charge in [-0.2, -0.15) is 0 Å². The van der Waals surface area contributed by atoms with Gasteiger partial charge in [-0.3, -0.25) is 4.79 Å². The van der Waals surface area contributed by atoms with Crippen LogP contribution in [-0.2, 0) is 6.54 Å². The summed E-state index contributed by atoms with van der Waals surface area (Å²) in [5.74, 6) is 0.473. The number of likely N-dealkylation sites (tertiary alicyclic amines) is 1. The normalized spacial score (nSPS) is 20.5. The van der Waals surface area contributed by atoms with E-state index in [0.29, 0.717) is 18.2 Å². The average Bonchev–Trinajstić information content (AvgIpc) is 3.04. The topological polar surface area (TPSA) is 59.2 Å². The van der Waals surface area contributed by atoms with Crippen LogP contribution in [0.5, 0.6) is 0 Å². The quantitative estimate of drug-likeness (QED) is 0.895. The number of thiazole rings is 1. The van der Waals surface area contributed by atoms with Crippen LogP contribution in [0.3, 0.4) is 0 Å². The lowest BCUT2D eigenvalue weighted by Gasteiger charge is -2.40. The number of halogens is 1. The van der Waals surface area contributed by atoms with E-state index < -0.39 is 0 Å². The molecule has 0 saturated carbocycles. The Kier molecular flexibility index (Phi) is 6.38. The van der Waals surface area contributed by atoms with Crippen molar-refractivity contribution in [2.45, 2.75) is 39.3 Å². The third-order valence-corrected chi connectivity index (χ3v) is 5.43. The van der Waals surface area contributed by atoms with Gasteiger partial charge in [-0.1, -0.05) is 36.8 Å². The molecule has 1 aromatic heterocycles. The van der Waals surface area contributed by atoms with Crippen molar-refractivity contribution in [2.24, 2.45) is 11.7 Å². The summed E-state index contributed by atoms with van der Waals surface area (Å²) < 4.78 is 0. The van der Waals surface area contributed by atoms with Gasteiger partial charge in [-0.05, 0) is 31.2 Å². The molecule has 0 bridgehead atoms. The Hall–Kier alpha value is -1.43. The van der Waals surface area contributed by atoms with E-state index in [4.69, 9.17) is 5.73 Å². The van der Waals surface area contributed by atoms with Gasteiger partial charge in [0.15, 0.2) is 0 Å². The second-order valence-corrected chi connectivity index (χ2v) is 7.25. The molecule has 1 aliphatic heterocycles. The van der Waals surface area contributed by atoms with Gasteiger partial charge < -0.3 is 10.6 Å². The Morgan fingerprint density at radius 3 is 2.71 bits per heavy atom. The number of amides is 1. The molecule has 2 aromatic rings. The summed E-state index contributed by atoms with van der Waals surface area (Å²) in [6.07, 6.45) is 2.19. The lowest BCUT2D eigenvalue weighted by Crippen LogP contribution is -2.42. The molecule has 2 N–H and O–H groups in total. The van der Waals surface area contributed by atoms with E-state index in [-0.39, 0.29) is 24.4 Å². The molecule has 1 saturated heterocycles. The van der Waals surface area contributed by atoms with Crippen LogP contribution in [0, 0.1) is 12.8 Å². The molecule has 1 amide bonds. The van der Waals surface area contributed by atoms with Crippen molar-refractivity contribution < 1.29 is 4.79 Å². The zero-order valence-corrected chi connectivity index (χ0v) is 15.7. The summed E-state index contributed by atoms with van der Waals surface area (Å²) in [5, 5.41) is 2.64. The fourth-order valence-corrected chi connectivity index (χ4v) is 3.99. The van der Waals surface area contributed by atoms with Gasteiger partial charge in [0.05, 0.1) is 6.04 Å². The highest BCUT2D eigenvalue weighted by molar-refractivity contribution is 7.09. The van der Waals surface area contributed by atoms with Crippen molar-refractivity contribution in [3.8, 4) is 0 Å². The third kappa shape index (κ3) is 3.79. The van der Waals surface area contributed by atoms with E-state index in [2.05, 4.69) is 43.1 Å². The molecule has 0 radical (unpaired) electrons. The molecule has 2 heterocycles. The molecule has 0 aliphatic carbocycles. The first-order chi connectivity index (χ1) is 11.1. The van der Waals surface area contributed by atoms with Gasteiger partial charge in [0.2, 0.25) is 0 Å². The van der Waals surface area contributed by atoms with Gasteiger partial charge >= 0.3 is 0 Å². The first-order valence-electron chi connectivity index (χ1n) is 8.12. The number of carbonyl (C=O) groups is 1. The molecule has 4 nitrogen and oxygen atoms in total. The summed E-state index contributed by atoms with van der Waals surface area (Å²) in [6, 6.07) is 8.66. The van der Waals surface area contributed by atoms with Crippen molar-refractivity contribution >= 4 is 29.7 Å². The summed E-state index contributed by atoms with van der Waals surface area (Å²) in [7, 11) is 0. The lowest BCUT2D eigenvalue weighted by atomic mass is 9.85. The number of rotatable bonds is 3. The van der Waals surface area contributed by atoms with Crippen LogP contribution in [0.2, 0.25) is 0 Å². The average molecular weight is 366 g/mol. The van der Waals surface area contributed by atoms with Gasteiger partial charge in [-0.25, -0.2) is 4.98 Å². The fourth-order valence-electron chi connectivity index (χ4n) is 3.34. The van der Waals surface area contributed by atoms with E-state index in [9.17, 15) is 4.79 Å². The van der Waals surface area contributed by atoms with Crippen LogP contribution in [0.1, 0.15) is 52.4 Å². The molecule has 1 aromatic carbocycles. The first kappa shape index (κ1) is 18.9. The molecule has 6 heteroatoms. The Morgan fingerprint density at radius 1 is 1.38 bits per heavy atom. The molecule has 3 rings (SSSR count). The zero-order chi connectivity index (χ0) is 16.4. The molecule has 2 atom stereocenters. The summed E-state index contributed by atoms with van der Waals surface area (Å²) in [6.45, 7) is 5.49. The largest absolute Gasteiger partial charge is 0.330 e. The van der Waals surface area contributed by atoms with Crippen molar-refractivity contribution in [1.82, 2.24) is 9.88 Å². The van der Waals surface area contributed by atoms with Gasteiger partial charge in [0.25, 0.3) is 5.91 Å². The van der Waals surface area contributed by atoms with Crippen molar-refractivity contribution in [2.75, 3.05) is 6.54 Å². The van der Waals surface area contributed by atoms with Crippen LogP contribution >= 0.6 is 23.7 Å². The van der Waals surface area contributed by atoms with Crippen LogP contribution in [0.15, 0.2) is 29.6 Å². The zero-order valence-electron chi connectivity index (χ0n) is 14.1. The highest BCUT2D eigenvalue weighted by atomic mass is 35.5. The molecule has 1 aliphatic rings. The van der Waals surface area contributed by atoms with Gasteiger partial charge in [0.1, 0.15) is 10.7 Å². The predicted octanol–water partition coefficient (Wildman–Crippen LogP) is 3.95. The summed E-state index contributed by atoms with van der Waals surface area (Å²) in [4.78, 5) is 19.3. The van der Waals surface area contributed by atoms with Gasteiger partial charge in [-0.15, -0.1) is 23.7 Å². The molecule has 24 heavy (non-hydrogen) atoms. The molecule has 2 unspecified atom stereocenters. The number of hydrogen-bond donors (Lipinski definition) is 1. The third-order valence-electron chi connectivity index (χ3n) is 4.56. The summed E-state index contributed by atoms with van der Waals surface area (Å²) >= 11 is 1.46. The second-order valence-electron chi connectivity index (χ2n) is 6.30. The van der Waals surface area contributed by atoms with E-state index in [0.717, 1.165) is 24.4 Å². The van der Waals surface area contributed by atoms with Crippen molar-refractivity contribution in [3.05, 3.63) is 51.5 Å². The molecular weight excluding hydrogens is 342 g/mol. The molecular formula is C18H24ClN3OS. The minimum absolute atomic E-state index is 0. The van der Waals surface area contributed by atoms with Crippen LogP contribution in [-0.4, -0.2) is 22.3 Å². The number of nitrogens with two attached hydrogens (primary N) is 1. The standard InChI is InChI=1S/C18H23N3OS.ClH/c1-12-5-7-14(8-6-12)17-13(2)4-3-9-21(17)18(22)15-11-23-16(10-19)20-15;/h5-8,11,13,17H,3-4,9-10,19H2,1-2H3;1H. The smallest absolute Gasteiger partial charge is 0.273 e. The molecule has 130 valence electrons. The van der Waals surface area contributed by atoms with E-state index in [1.165, 1.54) is 22.5 Å². The highest BCUT2D eigenvalue weighted by Crippen LogP contribution is 2.36. The van der Waals surface area contributed by atoms with Gasteiger partial charge in [0, 0.05) is 18.5 Å². The maximum Gasteiger partial charge on any atom is 0.273 e. The number of carbonyl (C=O) groups excluding carboxylic acids is 1. The number of aromatic nitrogens is 1. The highest BCUT2D eigenvalue weighted by Gasteiger charge is 2.34. The number of benzene rings is 1. The van der Waals surface area contributed by atoms with Crippen molar-refractivity contribution in [3.63, 3.8) is 0 Å².